The number of nitrogens with two attached hydrogens (primary N) is 1. The van der Waals surface area contributed by atoms with E-state index in [0.717, 1.165) is 5.56 Å². The lowest BCUT2D eigenvalue weighted by molar-refractivity contribution is -0.386. The Bertz CT molecular complexity index is 642. The second-order valence-electron chi connectivity index (χ2n) is 4.11. The van der Waals surface area contributed by atoms with Crippen LogP contribution in [0.1, 0.15) is 11.4 Å². The molecule has 2 rings (SSSR count). The average molecular weight is 297 g/mol. The van der Waals surface area contributed by atoms with Gasteiger partial charge in [0.1, 0.15) is 17.6 Å². The average Bonchev–Trinajstić information content (AvgIpc) is 2.76. The third-order valence-corrected chi connectivity index (χ3v) is 3.19. The van der Waals surface area contributed by atoms with Crippen LogP contribution in [0.25, 0.3) is 0 Å². The van der Waals surface area contributed by atoms with Crippen LogP contribution in [0.3, 0.4) is 0 Å². The van der Waals surface area contributed by atoms with E-state index in [9.17, 15) is 10.1 Å². The molecule has 0 amide bonds. The molecule has 20 heavy (non-hydrogen) atoms. The highest BCUT2D eigenvalue weighted by atomic mass is 35.5. The molecule has 106 valence electrons. The van der Waals surface area contributed by atoms with Crippen molar-refractivity contribution in [3.63, 3.8) is 0 Å². The number of benzene rings is 1. The maximum absolute atomic E-state index is 11.0. The summed E-state index contributed by atoms with van der Waals surface area (Å²) < 4.78 is 7.12. The molecule has 0 radical (unpaired) electrons. The first-order valence-corrected chi connectivity index (χ1v) is 6.17. The molecule has 1 aromatic carbocycles. The van der Waals surface area contributed by atoms with Crippen molar-refractivity contribution in [1.29, 1.82) is 0 Å². The highest BCUT2D eigenvalue weighted by Gasteiger charge is 2.16. The summed E-state index contributed by atoms with van der Waals surface area (Å²) in [6, 6.07) is 4.54. The fourth-order valence-corrected chi connectivity index (χ4v) is 1.80. The minimum absolute atomic E-state index is 0.0814. The molecule has 0 unspecified atom stereocenters. The van der Waals surface area contributed by atoms with Crippen LogP contribution < -0.4 is 10.5 Å². The van der Waals surface area contributed by atoms with Gasteiger partial charge in [-0.1, -0.05) is 17.7 Å². The van der Waals surface area contributed by atoms with E-state index in [2.05, 4.69) is 4.98 Å². The van der Waals surface area contributed by atoms with Crippen molar-refractivity contribution in [3.8, 4) is 5.75 Å². The van der Waals surface area contributed by atoms with Gasteiger partial charge < -0.3 is 15.0 Å². The second kappa shape index (κ2) is 5.89. The Labute approximate surface area is 120 Å². The predicted molar refractivity (Wildman–Crippen MR) is 73.5 cm³/mol. The first-order valence-electron chi connectivity index (χ1n) is 5.79. The largest absolute Gasteiger partial charge is 0.479 e. The van der Waals surface area contributed by atoms with Gasteiger partial charge in [0.25, 0.3) is 0 Å². The van der Waals surface area contributed by atoms with E-state index < -0.39 is 4.92 Å². The van der Waals surface area contributed by atoms with Gasteiger partial charge in [-0.05, 0) is 11.6 Å². The zero-order valence-corrected chi connectivity index (χ0v) is 11.5. The number of hydrogen-bond donors (Lipinski definition) is 1. The summed E-state index contributed by atoms with van der Waals surface area (Å²) >= 11 is 5.86. The number of hydrogen-bond acceptors (Lipinski definition) is 5. The highest BCUT2D eigenvalue weighted by Crippen LogP contribution is 2.28. The molecule has 8 heteroatoms. The lowest BCUT2D eigenvalue weighted by Gasteiger charge is -2.08. The van der Waals surface area contributed by atoms with Gasteiger partial charge >= 0.3 is 5.69 Å². The predicted octanol–water partition coefficient (Wildman–Crippen LogP) is 2.02. The van der Waals surface area contributed by atoms with E-state index in [1.54, 1.807) is 23.7 Å². The number of rotatable bonds is 5. The monoisotopic (exact) mass is 296 g/mol. The Morgan fingerprint density at radius 2 is 2.30 bits per heavy atom. The van der Waals surface area contributed by atoms with Crippen LogP contribution >= 0.6 is 11.6 Å². The Kier molecular flexibility index (Phi) is 4.21. The molecule has 0 aliphatic carbocycles. The summed E-state index contributed by atoms with van der Waals surface area (Å²) in [5.41, 5.74) is 6.16. The van der Waals surface area contributed by atoms with Gasteiger partial charge in [0.15, 0.2) is 5.75 Å². The van der Waals surface area contributed by atoms with Gasteiger partial charge in [0.2, 0.25) is 0 Å². The van der Waals surface area contributed by atoms with E-state index in [4.69, 9.17) is 22.1 Å². The van der Waals surface area contributed by atoms with Crippen LogP contribution in [-0.4, -0.2) is 14.5 Å². The zero-order chi connectivity index (χ0) is 14.7. The maximum atomic E-state index is 11.0. The Balaban J connectivity index is 2.23. The summed E-state index contributed by atoms with van der Waals surface area (Å²) in [5, 5.41) is 11.4. The molecule has 2 N–H and O–H groups in total. The summed E-state index contributed by atoms with van der Waals surface area (Å²) in [4.78, 5) is 14.5. The molecule has 0 spiro atoms. The van der Waals surface area contributed by atoms with Gasteiger partial charge in [-0.3, -0.25) is 10.1 Å². The molecule has 0 atom stereocenters. The molecule has 2 aromatic rings. The summed E-state index contributed by atoms with van der Waals surface area (Å²) in [7, 11) is 1.73. The number of nitro benzene ring substituents is 1. The van der Waals surface area contributed by atoms with E-state index >= 15 is 0 Å². The lowest BCUT2D eigenvalue weighted by Crippen LogP contribution is -2.06. The molecular formula is C12H13ClN4O3. The lowest BCUT2D eigenvalue weighted by atomic mass is 10.2. The first-order chi connectivity index (χ1) is 9.52. The van der Waals surface area contributed by atoms with Crippen molar-refractivity contribution in [2.45, 2.75) is 13.2 Å². The normalized spacial score (nSPS) is 10.6. The highest BCUT2D eigenvalue weighted by molar-refractivity contribution is 6.29. The summed E-state index contributed by atoms with van der Waals surface area (Å²) in [6.45, 7) is 0.362. The van der Waals surface area contributed by atoms with Crippen LogP contribution in [0.15, 0.2) is 24.4 Å². The zero-order valence-electron chi connectivity index (χ0n) is 10.7. The Morgan fingerprint density at radius 3 is 2.85 bits per heavy atom. The third kappa shape index (κ3) is 2.89. The molecule has 0 bridgehead atoms. The standard InChI is InChI=1S/C12H13ClN4O3/c1-16-11(13)6-15-12(16)7-20-10-4-8(5-14)2-3-9(10)17(18)19/h2-4,6H,5,7,14H2,1H3. The van der Waals surface area contributed by atoms with Crippen molar-refractivity contribution in [3.05, 3.63) is 51.1 Å². The van der Waals surface area contributed by atoms with Crippen molar-refractivity contribution >= 4 is 17.3 Å². The van der Waals surface area contributed by atoms with Gasteiger partial charge in [0, 0.05) is 19.7 Å². The number of nitrogens with zero attached hydrogens (tertiary/aromatic N) is 3. The van der Waals surface area contributed by atoms with E-state index in [1.807, 2.05) is 0 Å². The molecule has 0 fully saturated rings. The van der Waals surface area contributed by atoms with E-state index in [1.165, 1.54) is 12.3 Å². The van der Waals surface area contributed by atoms with Gasteiger partial charge in [-0.25, -0.2) is 4.98 Å². The van der Waals surface area contributed by atoms with Crippen molar-refractivity contribution in [2.75, 3.05) is 0 Å². The maximum Gasteiger partial charge on any atom is 0.310 e. The first kappa shape index (κ1) is 14.3. The number of nitro groups is 1. The van der Waals surface area contributed by atoms with Crippen LogP contribution in [0, 0.1) is 10.1 Å². The van der Waals surface area contributed by atoms with Crippen LogP contribution in [-0.2, 0) is 20.2 Å². The van der Waals surface area contributed by atoms with Gasteiger partial charge in [-0.2, -0.15) is 0 Å². The number of aromatic nitrogens is 2. The van der Waals surface area contributed by atoms with Crippen molar-refractivity contribution < 1.29 is 9.66 Å². The molecule has 0 aliphatic heterocycles. The van der Waals surface area contributed by atoms with Crippen molar-refractivity contribution in [1.82, 2.24) is 9.55 Å². The molecule has 1 heterocycles. The smallest absolute Gasteiger partial charge is 0.310 e. The van der Waals surface area contributed by atoms with E-state index in [-0.39, 0.29) is 24.6 Å². The minimum Gasteiger partial charge on any atom is -0.479 e. The molecule has 0 saturated carbocycles. The minimum atomic E-state index is -0.499. The Morgan fingerprint density at radius 1 is 1.55 bits per heavy atom. The number of ether oxygens (including phenoxy) is 1. The van der Waals surface area contributed by atoms with Crippen LogP contribution in [0.5, 0.6) is 5.75 Å². The molecule has 0 aliphatic rings. The molecule has 1 aromatic heterocycles. The van der Waals surface area contributed by atoms with Gasteiger partial charge in [-0.15, -0.1) is 0 Å². The number of halogens is 1. The Hall–Kier alpha value is -2.12. The quantitative estimate of drug-likeness (QED) is 0.672. The van der Waals surface area contributed by atoms with Crippen LogP contribution in [0.4, 0.5) is 5.69 Å². The molecular weight excluding hydrogens is 284 g/mol. The summed E-state index contributed by atoms with van der Waals surface area (Å²) in [6.07, 6.45) is 1.49. The fourth-order valence-electron chi connectivity index (χ4n) is 1.65. The topological polar surface area (TPSA) is 96.2 Å². The number of imidazole rings is 1. The SMILES string of the molecule is Cn1c(Cl)cnc1COc1cc(CN)ccc1[N+](=O)[O-]. The molecule has 7 nitrogen and oxygen atoms in total. The third-order valence-electron chi connectivity index (χ3n) is 2.84. The van der Waals surface area contributed by atoms with Crippen molar-refractivity contribution in [2.24, 2.45) is 12.8 Å². The summed E-state index contributed by atoms with van der Waals surface area (Å²) in [5.74, 6) is 0.736. The fraction of sp³-hybridized carbons (Fsp3) is 0.250. The van der Waals surface area contributed by atoms with E-state index in [0.29, 0.717) is 11.0 Å². The second-order valence-corrected chi connectivity index (χ2v) is 4.50. The molecule has 0 saturated heterocycles. The van der Waals surface area contributed by atoms with Gasteiger partial charge in [0.05, 0.1) is 11.1 Å². The van der Waals surface area contributed by atoms with Crippen LogP contribution in [0.2, 0.25) is 5.15 Å².